The summed E-state index contributed by atoms with van der Waals surface area (Å²) < 4.78 is 0. The summed E-state index contributed by atoms with van der Waals surface area (Å²) >= 11 is 0. The molecule has 2 rings (SSSR count). The lowest BCUT2D eigenvalue weighted by Gasteiger charge is -1.96. The summed E-state index contributed by atoms with van der Waals surface area (Å²) in [5.41, 5.74) is 6.05. The summed E-state index contributed by atoms with van der Waals surface area (Å²) in [5, 5.41) is 1.55. The number of nitrogens with two attached hydrogens (primary N) is 1. The van der Waals surface area contributed by atoms with Crippen molar-refractivity contribution >= 4 is 16.5 Å². The summed E-state index contributed by atoms with van der Waals surface area (Å²) in [7, 11) is 0. The molecule has 0 radical (unpaired) electrons. The Labute approximate surface area is 82.6 Å². The molecule has 0 unspecified atom stereocenters. The van der Waals surface area contributed by atoms with E-state index in [0.29, 0.717) is 11.1 Å². The Morgan fingerprint density at radius 3 is 2.64 bits per heavy atom. The lowest BCUT2D eigenvalue weighted by molar-refractivity contribution is 1.28. The first-order chi connectivity index (χ1) is 6.77. The molecule has 14 heavy (non-hydrogen) atoms. The van der Waals surface area contributed by atoms with Gasteiger partial charge in [0.05, 0.1) is 0 Å². The molecule has 0 fully saturated rings. The third kappa shape index (κ3) is 1.93. The molecule has 3 heteroatoms. The number of nitrogen functional groups attached to an aromatic ring is 1. The number of benzene rings is 1. The predicted octanol–water partition coefficient (Wildman–Crippen LogP) is 2.14. The van der Waals surface area contributed by atoms with Gasteiger partial charge >= 0.3 is 0 Å². The van der Waals surface area contributed by atoms with Crippen molar-refractivity contribution in [3.05, 3.63) is 40.8 Å². The Balaban J connectivity index is 0.000000461. The summed E-state index contributed by atoms with van der Waals surface area (Å²) in [6, 6.07) is 7.13. The Morgan fingerprint density at radius 1 is 1.21 bits per heavy atom. The molecule has 0 amide bonds. The van der Waals surface area contributed by atoms with Crippen LogP contribution in [0.4, 0.5) is 5.69 Å². The molecule has 3 nitrogen and oxygen atoms in total. The van der Waals surface area contributed by atoms with Gasteiger partial charge in [0.1, 0.15) is 0 Å². The molecule has 74 valence electrons. The third-order valence-corrected chi connectivity index (χ3v) is 1.80. The van der Waals surface area contributed by atoms with E-state index in [2.05, 4.69) is 4.98 Å². The van der Waals surface area contributed by atoms with Crippen molar-refractivity contribution in [3.63, 3.8) is 0 Å². The highest BCUT2D eigenvalue weighted by Gasteiger charge is 1.96. The van der Waals surface area contributed by atoms with E-state index in [9.17, 15) is 4.79 Å². The molecule has 0 saturated heterocycles. The highest BCUT2D eigenvalue weighted by Crippen LogP contribution is 2.11. The number of H-pyrrole nitrogens is 1. The van der Waals surface area contributed by atoms with Crippen molar-refractivity contribution in [2.75, 3.05) is 5.73 Å². The molecule has 0 spiro atoms. The Kier molecular flexibility index (Phi) is 3.29. The van der Waals surface area contributed by atoms with Crippen LogP contribution in [0.15, 0.2) is 35.3 Å². The Morgan fingerprint density at radius 2 is 1.93 bits per heavy atom. The molecule has 1 aromatic heterocycles. The number of rotatable bonds is 0. The van der Waals surface area contributed by atoms with Crippen LogP contribution in [0.5, 0.6) is 0 Å². The molecule has 1 heterocycles. The minimum Gasteiger partial charge on any atom is -0.399 e. The SMILES string of the molecule is CC.Nc1ccc2cc[nH]c(=O)c2c1. The van der Waals surface area contributed by atoms with Crippen molar-refractivity contribution in [2.45, 2.75) is 13.8 Å². The van der Waals surface area contributed by atoms with Crippen LogP contribution in [0.2, 0.25) is 0 Å². The van der Waals surface area contributed by atoms with Gasteiger partial charge in [-0.05, 0) is 23.6 Å². The summed E-state index contributed by atoms with van der Waals surface area (Å²) in [6.07, 6.45) is 1.63. The maximum Gasteiger partial charge on any atom is 0.255 e. The van der Waals surface area contributed by atoms with Crippen LogP contribution in [0, 0.1) is 0 Å². The smallest absolute Gasteiger partial charge is 0.255 e. The second-order valence-electron chi connectivity index (χ2n) is 2.65. The molecule has 0 atom stereocenters. The van der Waals surface area contributed by atoms with Gasteiger partial charge in [-0.1, -0.05) is 19.9 Å². The number of nitrogens with one attached hydrogen (secondary N) is 1. The van der Waals surface area contributed by atoms with E-state index in [1.165, 1.54) is 0 Å². The van der Waals surface area contributed by atoms with Gasteiger partial charge in [0.15, 0.2) is 0 Å². The number of pyridine rings is 1. The van der Waals surface area contributed by atoms with Gasteiger partial charge in [-0.3, -0.25) is 4.79 Å². The minimum absolute atomic E-state index is 0.0974. The number of fused-ring (bicyclic) bond motifs is 1. The lowest BCUT2D eigenvalue weighted by Crippen LogP contribution is -2.04. The number of anilines is 1. The molecule has 0 aliphatic carbocycles. The van der Waals surface area contributed by atoms with Crippen LogP contribution in [0.1, 0.15) is 13.8 Å². The third-order valence-electron chi connectivity index (χ3n) is 1.80. The number of aromatic nitrogens is 1. The second kappa shape index (κ2) is 4.46. The van der Waals surface area contributed by atoms with Crippen molar-refractivity contribution < 1.29 is 0 Å². The van der Waals surface area contributed by atoms with Gasteiger partial charge < -0.3 is 10.7 Å². The van der Waals surface area contributed by atoms with E-state index in [1.54, 1.807) is 18.3 Å². The van der Waals surface area contributed by atoms with E-state index >= 15 is 0 Å². The Hall–Kier alpha value is -1.77. The first kappa shape index (κ1) is 10.3. The summed E-state index contributed by atoms with van der Waals surface area (Å²) in [4.78, 5) is 13.8. The molecule has 0 saturated carbocycles. The quantitative estimate of drug-likeness (QED) is 0.625. The van der Waals surface area contributed by atoms with Crippen molar-refractivity contribution in [3.8, 4) is 0 Å². The fourth-order valence-corrected chi connectivity index (χ4v) is 1.20. The van der Waals surface area contributed by atoms with Crippen molar-refractivity contribution in [1.82, 2.24) is 4.98 Å². The van der Waals surface area contributed by atoms with Crippen molar-refractivity contribution in [2.24, 2.45) is 0 Å². The van der Waals surface area contributed by atoms with Crippen LogP contribution in [-0.4, -0.2) is 4.98 Å². The zero-order valence-corrected chi connectivity index (χ0v) is 8.37. The van der Waals surface area contributed by atoms with Gasteiger partial charge in [0.25, 0.3) is 5.56 Å². The maximum absolute atomic E-state index is 11.2. The maximum atomic E-state index is 11.2. The fourth-order valence-electron chi connectivity index (χ4n) is 1.20. The number of aromatic amines is 1. The summed E-state index contributed by atoms with van der Waals surface area (Å²) in [5.74, 6) is 0. The first-order valence-corrected chi connectivity index (χ1v) is 4.64. The van der Waals surface area contributed by atoms with Crippen LogP contribution in [0.3, 0.4) is 0 Å². The van der Waals surface area contributed by atoms with Gasteiger partial charge in [-0.2, -0.15) is 0 Å². The average molecular weight is 190 g/mol. The van der Waals surface area contributed by atoms with Crippen LogP contribution < -0.4 is 11.3 Å². The molecular formula is C11H14N2O. The molecule has 0 aliphatic rings. The molecule has 1 aromatic carbocycles. The largest absolute Gasteiger partial charge is 0.399 e. The zero-order chi connectivity index (χ0) is 10.6. The summed E-state index contributed by atoms with van der Waals surface area (Å²) in [6.45, 7) is 4.00. The van der Waals surface area contributed by atoms with E-state index in [1.807, 2.05) is 26.0 Å². The topological polar surface area (TPSA) is 58.9 Å². The average Bonchev–Trinajstić information content (AvgIpc) is 2.22. The zero-order valence-electron chi connectivity index (χ0n) is 8.37. The lowest BCUT2D eigenvalue weighted by atomic mass is 10.1. The monoisotopic (exact) mass is 190 g/mol. The van der Waals surface area contributed by atoms with E-state index in [-0.39, 0.29) is 5.56 Å². The van der Waals surface area contributed by atoms with E-state index in [4.69, 9.17) is 5.73 Å². The fraction of sp³-hybridized carbons (Fsp3) is 0.182. The highest BCUT2D eigenvalue weighted by atomic mass is 16.1. The standard InChI is InChI=1S/C9H8N2O.C2H6/c10-7-2-1-6-3-4-11-9(12)8(6)5-7;1-2/h1-5H,10H2,(H,11,12);1-2H3. The Bertz CT molecular complexity index is 474. The van der Waals surface area contributed by atoms with E-state index < -0.39 is 0 Å². The van der Waals surface area contributed by atoms with Gasteiger partial charge in [-0.25, -0.2) is 0 Å². The normalized spacial score (nSPS) is 9.29. The minimum atomic E-state index is -0.0974. The van der Waals surface area contributed by atoms with Crippen LogP contribution in [0.25, 0.3) is 10.8 Å². The highest BCUT2D eigenvalue weighted by molar-refractivity contribution is 5.84. The molecule has 2 aromatic rings. The molecule has 3 N–H and O–H groups in total. The van der Waals surface area contributed by atoms with E-state index in [0.717, 1.165) is 5.39 Å². The number of hydrogen-bond acceptors (Lipinski definition) is 2. The van der Waals surface area contributed by atoms with Gasteiger partial charge in [-0.15, -0.1) is 0 Å². The predicted molar refractivity (Wildman–Crippen MR) is 60.3 cm³/mol. The number of hydrogen-bond donors (Lipinski definition) is 2. The molecule has 0 bridgehead atoms. The van der Waals surface area contributed by atoms with Crippen molar-refractivity contribution in [1.29, 1.82) is 0 Å². The van der Waals surface area contributed by atoms with Crippen LogP contribution >= 0.6 is 0 Å². The molecule has 0 aliphatic heterocycles. The van der Waals surface area contributed by atoms with Gasteiger partial charge in [0.2, 0.25) is 0 Å². The van der Waals surface area contributed by atoms with Gasteiger partial charge in [0, 0.05) is 17.3 Å². The first-order valence-electron chi connectivity index (χ1n) is 4.64. The van der Waals surface area contributed by atoms with Crippen LogP contribution in [-0.2, 0) is 0 Å². The molecular weight excluding hydrogens is 176 g/mol. The second-order valence-corrected chi connectivity index (χ2v) is 2.65.